The predicted octanol–water partition coefficient (Wildman–Crippen LogP) is 0.627. The van der Waals surface area contributed by atoms with Crippen LogP contribution >= 0.6 is 0 Å². The highest BCUT2D eigenvalue weighted by Gasteiger charge is 2.28. The Hall–Kier alpha value is -1.54. The van der Waals surface area contributed by atoms with Gasteiger partial charge in [0.15, 0.2) is 0 Å². The van der Waals surface area contributed by atoms with E-state index in [0.29, 0.717) is 32.3 Å². The minimum Gasteiger partial charge on any atom is -0.467 e. The van der Waals surface area contributed by atoms with Crippen LogP contribution in [0.3, 0.4) is 0 Å². The van der Waals surface area contributed by atoms with Gasteiger partial charge in [0.25, 0.3) is 0 Å². The van der Waals surface area contributed by atoms with Crippen molar-refractivity contribution in [2.45, 2.75) is 44.2 Å². The Labute approximate surface area is 107 Å². The molecule has 1 saturated heterocycles. The maximum atomic E-state index is 11.8. The second-order valence-electron chi connectivity index (χ2n) is 4.18. The molecule has 1 aliphatic heterocycles. The van der Waals surface area contributed by atoms with E-state index in [0.717, 1.165) is 6.42 Å². The number of carbonyl (C=O) groups excluding carboxylic acids is 2. The van der Waals surface area contributed by atoms with Gasteiger partial charge in [-0.1, -0.05) is 0 Å². The lowest BCUT2D eigenvalue weighted by molar-refractivity contribution is -0.146. The molecular weight excluding hydrogens is 234 g/mol. The van der Waals surface area contributed by atoms with E-state index in [1.54, 1.807) is 0 Å². The van der Waals surface area contributed by atoms with Crippen LogP contribution in [0.5, 0.6) is 0 Å². The average molecular weight is 253 g/mol. The third kappa shape index (κ3) is 4.38. The second kappa shape index (κ2) is 7.72. The Balaban J connectivity index is 2.46. The van der Waals surface area contributed by atoms with Gasteiger partial charge in [-0.15, -0.1) is 12.3 Å². The summed E-state index contributed by atoms with van der Waals surface area (Å²) in [7, 11) is 1.30. The highest BCUT2D eigenvalue weighted by atomic mass is 16.5. The van der Waals surface area contributed by atoms with Gasteiger partial charge in [-0.25, -0.2) is 4.79 Å². The summed E-state index contributed by atoms with van der Waals surface area (Å²) in [5.74, 6) is 1.81. The minimum atomic E-state index is -0.639. The fourth-order valence-corrected chi connectivity index (χ4v) is 1.85. The van der Waals surface area contributed by atoms with Gasteiger partial charge < -0.3 is 14.8 Å². The highest BCUT2D eigenvalue weighted by molar-refractivity contribution is 5.87. The Bertz CT molecular complexity index is 328. The van der Waals surface area contributed by atoms with Crippen molar-refractivity contribution in [3.63, 3.8) is 0 Å². The summed E-state index contributed by atoms with van der Waals surface area (Å²) in [6.45, 7) is 0.595. The Kier molecular flexibility index (Phi) is 6.23. The molecule has 1 aliphatic rings. The summed E-state index contributed by atoms with van der Waals surface area (Å²) >= 11 is 0. The number of hydrogen-bond donors (Lipinski definition) is 1. The Morgan fingerprint density at radius 1 is 1.61 bits per heavy atom. The maximum Gasteiger partial charge on any atom is 0.328 e. The summed E-state index contributed by atoms with van der Waals surface area (Å²) in [5, 5.41) is 2.66. The monoisotopic (exact) mass is 253 g/mol. The molecule has 1 heterocycles. The molecule has 0 radical (unpaired) electrons. The molecule has 0 aliphatic carbocycles. The summed E-state index contributed by atoms with van der Waals surface area (Å²) < 4.78 is 9.92. The van der Waals surface area contributed by atoms with Crippen LogP contribution in [0, 0.1) is 12.3 Å². The van der Waals surface area contributed by atoms with Crippen LogP contribution in [0.4, 0.5) is 0 Å². The molecule has 18 heavy (non-hydrogen) atoms. The van der Waals surface area contributed by atoms with Crippen LogP contribution in [-0.2, 0) is 19.1 Å². The number of esters is 1. The number of amides is 1. The molecule has 0 spiro atoms. The van der Waals surface area contributed by atoms with E-state index >= 15 is 0 Å². The lowest BCUT2D eigenvalue weighted by Crippen LogP contribution is -2.45. The number of unbranched alkanes of at least 4 members (excludes halogenated alkanes) is 1. The Morgan fingerprint density at radius 3 is 2.94 bits per heavy atom. The molecule has 0 saturated carbocycles. The van der Waals surface area contributed by atoms with Gasteiger partial charge >= 0.3 is 5.97 Å². The smallest absolute Gasteiger partial charge is 0.328 e. The third-order valence-corrected chi connectivity index (χ3v) is 2.84. The normalized spacial score (nSPS) is 19.9. The summed E-state index contributed by atoms with van der Waals surface area (Å²) in [6, 6.07) is -0.639. The third-order valence-electron chi connectivity index (χ3n) is 2.84. The second-order valence-corrected chi connectivity index (χ2v) is 4.18. The lowest BCUT2D eigenvalue weighted by atomic mass is 10.1. The number of rotatable bonds is 6. The summed E-state index contributed by atoms with van der Waals surface area (Å²) in [6.07, 6.45) is 8.01. The van der Waals surface area contributed by atoms with Gasteiger partial charge in [-0.05, 0) is 25.7 Å². The van der Waals surface area contributed by atoms with Crippen LogP contribution in [0.25, 0.3) is 0 Å². The fourth-order valence-electron chi connectivity index (χ4n) is 1.85. The number of ether oxygens (including phenoxy) is 2. The first-order valence-corrected chi connectivity index (χ1v) is 6.12. The fraction of sp³-hybridized carbons (Fsp3) is 0.692. The highest BCUT2D eigenvalue weighted by Crippen LogP contribution is 2.13. The molecule has 0 aromatic heterocycles. The molecule has 0 unspecified atom stereocenters. The van der Waals surface area contributed by atoms with Gasteiger partial charge in [0.2, 0.25) is 5.91 Å². The number of hydrogen-bond acceptors (Lipinski definition) is 4. The van der Waals surface area contributed by atoms with Crippen molar-refractivity contribution in [2.75, 3.05) is 13.7 Å². The minimum absolute atomic E-state index is 0.247. The Morgan fingerprint density at radius 2 is 2.39 bits per heavy atom. The number of nitrogens with one attached hydrogen (secondary N) is 1. The van der Waals surface area contributed by atoms with Crippen LogP contribution < -0.4 is 5.32 Å². The quantitative estimate of drug-likeness (QED) is 0.428. The first kappa shape index (κ1) is 14.5. The van der Waals surface area contributed by atoms with Crippen LogP contribution in [-0.4, -0.2) is 37.7 Å². The molecule has 1 N–H and O–H groups in total. The molecule has 0 bridgehead atoms. The van der Waals surface area contributed by atoms with Crippen molar-refractivity contribution in [2.24, 2.45) is 0 Å². The number of methoxy groups -OCH3 is 1. The molecule has 0 aromatic carbocycles. The van der Waals surface area contributed by atoms with Gasteiger partial charge in [-0.3, -0.25) is 4.79 Å². The van der Waals surface area contributed by atoms with E-state index in [4.69, 9.17) is 11.2 Å². The van der Waals surface area contributed by atoms with E-state index in [1.165, 1.54) is 7.11 Å². The van der Waals surface area contributed by atoms with Crippen LogP contribution in [0.15, 0.2) is 0 Å². The van der Waals surface area contributed by atoms with Crippen LogP contribution in [0.2, 0.25) is 0 Å². The summed E-state index contributed by atoms with van der Waals surface area (Å²) in [5.41, 5.74) is 0. The van der Waals surface area contributed by atoms with Gasteiger partial charge in [0, 0.05) is 13.0 Å². The molecule has 100 valence electrons. The SMILES string of the molecule is C#CCCC[C@H](NC(=O)[C@H]1CCCO1)C(=O)OC. The van der Waals surface area contributed by atoms with Crippen molar-refractivity contribution < 1.29 is 19.1 Å². The van der Waals surface area contributed by atoms with Crippen molar-refractivity contribution in [3.05, 3.63) is 0 Å². The first-order valence-electron chi connectivity index (χ1n) is 6.12. The van der Waals surface area contributed by atoms with Gasteiger partial charge in [-0.2, -0.15) is 0 Å². The van der Waals surface area contributed by atoms with E-state index in [2.05, 4.69) is 16.0 Å². The molecule has 1 amide bonds. The lowest BCUT2D eigenvalue weighted by Gasteiger charge is -2.18. The molecule has 1 fully saturated rings. The van der Waals surface area contributed by atoms with Crippen molar-refractivity contribution in [1.29, 1.82) is 0 Å². The molecule has 0 aromatic rings. The van der Waals surface area contributed by atoms with E-state index in [1.807, 2.05) is 0 Å². The van der Waals surface area contributed by atoms with E-state index < -0.39 is 18.1 Å². The van der Waals surface area contributed by atoms with Crippen molar-refractivity contribution >= 4 is 11.9 Å². The number of carbonyl (C=O) groups is 2. The molecule has 5 nitrogen and oxygen atoms in total. The van der Waals surface area contributed by atoms with Crippen molar-refractivity contribution in [3.8, 4) is 12.3 Å². The topological polar surface area (TPSA) is 64.6 Å². The van der Waals surface area contributed by atoms with E-state index in [-0.39, 0.29) is 5.91 Å². The standard InChI is InChI=1S/C13H19NO4/c1-3-4-5-7-10(13(16)17-2)14-12(15)11-8-6-9-18-11/h1,10-11H,4-9H2,2H3,(H,14,15)/t10-,11+/m0/s1. The maximum absolute atomic E-state index is 11.8. The molecular formula is C13H19NO4. The van der Waals surface area contributed by atoms with Crippen LogP contribution in [0.1, 0.15) is 32.1 Å². The van der Waals surface area contributed by atoms with Gasteiger partial charge in [0.1, 0.15) is 12.1 Å². The zero-order valence-electron chi connectivity index (χ0n) is 10.6. The largest absolute Gasteiger partial charge is 0.467 e. The first-order chi connectivity index (χ1) is 8.69. The molecule has 1 rings (SSSR count). The van der Waals surface area contributed by atoms with Gasteiger partial charge in [0.05, 0.1) is 7.11 Å². The molecule has 2 atom stereocenters. The van der Waals surface area contributed by atoms with E-state index in [9.17, 15) is 9.59 Å². The number of terminal acetylenes is 1. The summed E-state index contributed by atoms with van der Waals surface area (Å²) in [4.78, 5) is 23.4. The zero-order chi connectivity index (χ0) is 13.4. The average Bonchev–Trinajstić information content (AvgIpc) is 2.90. The molecule has 5 heteroatoms. The zero-order valence-corrected chi connectivity index (χ0v) is 10.6. The predicted molar refractivity (Wildman–Crippen MR) is 65.6 cm³/mol. The van der Waals surface area contributed by atoms with Crippen molar-refractivity contribution in [1.82, 2.24) is 5.32 Å².